The van der Waals surface area contributed by atoms with Crippen molar-refractivity contribution in [2.75, 3.05) is 0 Å². The second kappa shape index (κ2) is 23.2. The van der Waals surface area contributed by atoms with Crippen LogP contribution in [0, 0.1) is 113 Å². The molecule has 3 aromatic heterocycles. The molecule has 15 heteroatoms. The standard InChI is InChI=1S/C79H35N15/c80-36-46-6-16-71(93-73-32-57(61-22-48(38-82)18-49(23-61)39-83)8-12-65(73)66-13-9-58(33-74(66)93)62-24-50(40-84)19-51(25-62)41-85)69(30-46)78-90-77(56-4-2-1-3-5-56)91-79(92-78)70-31-47(37-81)7-17-72(70)94-75-34-59(63-26-52(42-86)20-53(27-63)43-87)10-14-67(75)68-15-11-60(35-76(68)94)64-28-54(44-88)21-55(29-64)45-89/h1-35H. The van der Waals surface area contributed by atoms with Gasteiger partial charge in [-0.15, -0.1) is 0 Å². The van der Waals surface area contributed by atoms with Gasteiger partial charge in [-0.3, -0.25) is 0 Å². The molecule has 0 saturated heterocycles. The quantitative estimate of drug-likeness (QED) is 0.130. The smallest absolute Gasteiger partial charge is 0.166 e. The van der Waals surface area contributed by atoms with E-state index in [1.165, 1.54) is 24.3 Å². The van der Waals surface area contributed by atoms with Crippen LogP contribution in [0.2, 0.25) is 0 Å². The van der Waals surface area contributed by atoms with Crippen molar-refractivity contribution < 1.29 is 0 Å². The van der Waals surface area contributed by atoms with Crippen LogP contribution in [-0.4, -0.2) is 24.1 Å². The van der Waals surface area contributed by atoms with Crippen molar-refractivity contribution in [3.63, 3.8) is 0 Å². The second-order valence-electron chi connectivity index (χ2n) is 22.0. The first-order chi connectivity index (χ1) is 46.0. The Morgan fingerprint density at radius 3 is 0.745 bits per heavy atom. The molecule has 0 fully saturated rings. The van der Waals surface area contributed by atoms with E-state index in [9.17, 15) is 52.6 Å². The average Bonchev–Trinajstić information content (AvgIpc) is 1.55. The van der Waals surface area contributed by atoms with Crippen LogP contribution >= 0.6 is 0 Å². The van der Waals surface area contributed by atoms with Crippen molar-refractivity contribution in [2.24, 2.45) is 0 Å². The summed E-state index contributed by atoms with van der Waals surface area (Å²) in [6, 6.07) is 85.3. The molecular formula is C79H35N15. The molecule has 0 N–H and O–H groups in total. The largest absolute Gasteiger partial charge is 0.308 e. The molecule has 14 rings (SSSR count). The Kier molecular flexibility index (Phi) is 14.0. The molecule has 0 spiro atoms. The minimum Gasteiger partial charge on any atom is -0.308 e. The van der Waals surface area contributed by atoms with Gasteiger partial charge < -0.3 is 9.13 Å². The summed E-state index contributed by atoms with van der Waals surface area (Å²) in [7, 11) is 0. The highest BCUT2D eigenvalue weighted by molar-refractivity contribution is 6.13. The van der Waals surface area contributed by atoms with Crippen molar-refractivity contribution >= 4 is 43.6 Å². The van der Waals surface area contributed by atoms with Gasteiger partial charge in [-0.25, -0.2) is 15.0 Å². The monoisotopic (exact) mass is 1190 g/mol. The Morgan fingerprint density at radius 2 is 0.479 bits per heavy atom. The molecule has 0 bridgehead atoms. The molecule has 15 nitrogen and oxygen atoms in total. The molecule has 426 valence electrons. The van der Waals surface area contributed by atoms with Crippen LogP contribution in [0.25, 0.3) is 134 Å². The summed E-state index contributed by atoms with van der Waals surface area (Å²) in [5.74, 6) is 0.513. The fraction of sp³-hybridized carbons (Fsp3) is 0. The van der Waals surface area contributed by atoms with Crippen LogP contribution in [0.5, 0.6) is 0 Å². The predicted molar refractivity (Wildman–Crippen MR) is 354 cm³/mol. The number of fused-ring (bicyclic) bond motifs is 6. The summed E-state index contributed by atoms with van der Waals surface area (Å²) < 4.78 is 4.07. The average molecular weight is 1190 g/mol. The molecule has 0 aliphatic heterocycles. The molecule has 0 unspecified atom stereocenters. The molecule has 3 heterocycles. The number of hydrogen-bond donors (Lipinski definition) is 0. The first-order valence-electron chi connectivity index (χ1n) is 28.9. The van der Waals surface area contributed by atoms with Gasteiger partial charge >= 0.3 is 0 Å². The zero-order valence-corrected chi connectivity index (χ0v) is 48.9. The maximum atomic E-state index is 10.8. The van der Waals surface area contributed by atoms with Crippen molar-refractivity contribution in [1.29, 1.82) is 52.6 Å². The molecule has 11 aromatic carbocycles. The lowest BCUT2D eigenvalue weighted by atomic mass is 9.98. The van der Waals surface area contributed by atoms with Gasteiger partial charge in [0.2, 0.25) is 0 Å². The van der Waals surface area contributed by atoms with Gasteiger partial charge in [-0.2, -0.15) is 52.6 Å². The van der Waals surface area contributed by atoms with Gasteiger partial charge in [0.15, 0.2) is 17.5 Å². The maximum Gasteiger partial charge on any atom is 0.166 e. The van der Waals surface area contributed by atoms with Crippen molar-refractivity contribution in [3.8, 4) is 151 Å². The number of nitriles is 10. The lowest BCUT2D eigenvalue weighted by Crippen LogP contribution is -2.06. The van der Waals surface area contributed by atoms with E-state index in [0.717, 1.165) is 21.5 Å². The van der Waals surface area contributed by atoms with E-state index in [0.29, 0.717) is 139 Å². The van der Waals surface area contributed by atoms with Gasteiger partial charge in [0, 0.05) is 38.2 Å². The summed E-state index contributed by atoms with van der Waals surface area (Å²) in [5, 5.41) is 106. The van der Waals surface area contributed by atoms with Crippen molar-refractivity contribution in [3.05, 3.63) is 268 Å². The number of benzene rings is 11. The summed E-state index contributed by atoms with van der Waals surface area (Å²) in [5.41, 5.74) is 13.3. The molecule has 0 atom stereocenters. The Balaban J connectivity index is 1.07. The highest BCUT2D eigenvalue weighted by Gasteiger charge is 2.25. The molecule has 0 saturated carbocycles. The Bertz CT molecular complexity index is 5390. The van der Waals surface area contributed by atoms with Crippen LogP contribution in [0.1, 0.15) is 55.6 Å². The maximum absolute atomic E-state index is 10.8. The molecule has 0 amide bonds. The van der Waals surface area contributed by atoms with Gasteiger partial charge in [-0.05, 0) is 178 Å². The lowest BCUT2D eigenvalue weighted by molar-refractivity contribution is 1.06. The third-order valence-electron chi connectivity index (χ3n) is 16.5. The first kappa shape index (κ1) is 56.7. The van der Waals surface area contributed by atoms with E-state index in [4.69, 9.17) is 15.0 Å². The Morgan fingerprint density at radius 1 is 0.213 bits per heavy atom. The van der Waals surface area contributed by atoms with E-state index < -0.39 is 0 Å². The predicted octanol–water partition coefficient (Wildman–Crippen LogP) is 16.5. The minimum atomic E-state index is 0.135. The van der Waals surface area contributed by atoms with Crippen LogP contribution in [0.3, 0.4) is 0 Å². The van der Waals surface area contributed by atoms with E-state index in [1.807, 2.05) is 124 Å². The van der Waals surface area contributed by atoms with Crippen molar-refractivity contribution in [1.82, 2.24) is 24.1 Å². The summed E-state index contributed by atoms with van der Waals surface area (Å²) in [6.07, 6.45) is 0. The number of rotatable bonds is 9. The highest BCUT2D eigenvalue weighted by atomic mass is 15.1. The summed E-state index contributed by atoms with van der Waals surface area (Å²) >= 11 is 0. The molecule has 0 aliphatic carbocycles. The molecule has 94 heavy (non-hydrogen) atoms. The van der Waals surface area contributed by atoms with Crippen LogP contribution in [0.4, 0.5) is 0 Å². The molecule has 14 aromatic rings. The van der Waals surface area contributed by atoms with E-state index in [2.05, 4.69) is 60.7 Å². The Labute approximate surface area is 536 Å². The van der Waals surface area contributed by atoms with Gasteiger partial charge in [0.25, 0.3) is 0 Å². The number of aromatic nitrogens is 5. The SMILES string of the molecule is N#Cc1cc(C#N)cc(-c2ccc3c4ccc(-c5cc(C#N)cc(C#N)c5)cc4n(-c4ccc(C#N)cc4-c4nc(-c5ccccc5)nc(-c5cc(C#N)ccc5-n5c6cc(-c7cc(C#N)cc(C#N)c7)ccc6c6ccc(-c7cc(C#N)cc(C#N)c7)cc65)n4)c3c2)c1. The van der Waals surface area contributed by atoms with Crippen LogP contribution < -0.4 is 0 Å². The molecular weight excluding hydrogens is 1160 g/mol. The van der Waals surface area contributed by atoms with Crippen molar-refractivity contribution in [2.45, 2.75) is 0 Å². The third-order valence-corrected chi connectivity index (χ3v) is 16.5. The number of nitrogens with zero attached hydrogens (tertiary/aromatic N) is 15. The fourth-order valence-corrected chi connectivity index (χ4v) is 12.3. The summed E-state index contributed by atoms with van der Waals surface area (Å²) in [4.78, 5) is 15.9. The second-order valence-corrected chi connectivity index (χ2v) is 22.0. The van der Waals surface area contributed by atoms with Gasteiger partial charge in [0.1, 0.15) is 0 Å². The summed E-state index contributed by atoms with van der Waals surface area (Å²) in [6.45, 7) is 0. The molecule has 0 radical (unpaired) electrons. The van der Waals surface area contributed by atoms with E-state index >= 15 is 0 Å². The highest BCUT2D eigenvalue weighted by Crippen LogP contribution is 2.44. The number of hydrogen-bond acceptors (Lipinski definition) is 13. The van der Waals surface area contributed by atoms with E-state index in [-0.39, 0.29) is 28.6 Å². The minimum absolute atomic E-state index is 0.135. The zero-order valence-electron chi connectivity index (χ0n) is 48.9. The fourth-order valence-electron chi connectivity index (χ4n) is 12.3. The van der Waals surface area contributed by atoms with Crippen LogP contribution in [-0.2, 0) is 0 Å². The topological polar surface area (TPSA) is 286 Å². The van der Waals surface area contributed by atoms with Crippen LogP contribution in [0.15, 0.2) is 212 Å². The third kappa shape index (κ3) is 9.97. The van der Waals surface area contributed by atoms with E-state index in [1.54, 1.807) is 72.8 Å². The lowest BCUT2D eigenvalue weighted by Gasteiger charge is -2.17. The first-order valence-corrected chi connectivity index (χ1v) is 28.9. The Hall–Kier alpha value is -15.1. The zero-order chi connectivity index (χ0) is 64.7. The van der Waals surface area contributed by atoms with Gasteiger partial charge in [0.05, 0.1) is 150 Å². The van der Waals surface area contributed by atoms with Gasteiger partial charge in [-0.1, -0.05) is 78.9 Å². The normalized spacial score (nSPS) is 10.7. The molecule has 0 aliphatic rings.